The highest BCUT2D eigenvalue weighted by atomic mass is 32.2. The van der Waals surface area contributed by atoms with E-state index >= 15 is 0 Å². The molecule has 0 aliphatic carbocycles. The molecule has 1 saturated heterocycles. The first-order valence-corrected chi connectivity index (χ1v) is 4.19. The van der Waals surface area contributed by atoms with Gasteiger partial charge in [-0.25, -0.2) is 0 Å². The summed E-state index contributed by atoms with van der Waals surface area (Å²) in [5.41, 5.74) is 0. The van der Waals surface area contributed by atoms with E-state index in [0.717, 1.165) is 11.4 Å². The average Bonchev–Trinajstić information content (AvgIpc) is 1.94. The van der Waals surface area contributed by atoms with Crippen LogP contribution in [0.1, 0.15) is 19.3 Å². The molecule has 1 rings (SSSR count). The summed E-state index contributed by atoms with van der Waals surface area (Å²) in [6, 6.07) is 0. The van der Waals surface area contributed by atoms with E-state index in [0.29, 0.717) is 0 Å². The van der Waals surface area contributed by atoms with E-state index in [2.05, 4.69) is 4.72 Å². The third-order valence-corrected chi connectivity index (χ3v) is 2.41. The summed E-state index contributed by atoms with van der Waals surface area (Å²) in [5.74, 6) is 1.21. The Bertz CT molecular complexity index is 82.4. The number of hydrogen-bond acceptors (Lipinski definition) is 2. The van der Waals surface area contributed by atoms with Gasteiger partial charge in [0, 0.05) is 5.75 Å². The predicted molar refractivity (Wildman–Crippen MR) is 42.0 cm³/mol. The molecule has 3 heteroatoms. The van der Waals surface area contributed by atoms with Crippen molar-refractivity contribution in [2.75, 3.05) is 5.75 Å². The average molecular weight is 147 g/mol. The fourth-order valence-electron chi connectivity index (χ4n) is 0.642. The van der Waals surface area contributed by atoms with Gasteiger partial charge in [0.05, 0.1) is 4.99 Å². The van der Waals surface area contributed by atoms with Gasteiger partial charge < -0.3 is 4.72 Å². The minimum absolute atomic E-state index is 1.02. The van der Waals surface area contributed by atoms with Crippen LogP contribution in [0.15, 0.2) is 0 Å². The Morgan fingerprint density at radius 3 is 3.25 bits per heavy atom. The first-order chi connectivity index (χ1) is 3.89. The largest absolute Gasteiger partial charge is 0.324 e. The zero-order valence-corrected chi connectivity index (χ0v) is 6.28. The van der Waals surface area contributed by atoms with Crippen molar-refractivity contribution in [1.82, 2.24) is 4.72 Å². The Labute approximate surface area is 59.4 Å². The molecule has 0 unspecified atom stereocenters. The molecule has 1 heterocycles. The van der Waals surface area contributed by atoms with E-state index in [1.165, 1.54) is 18.6 Å². The first kappa shape index (κ1) is 6.36. The van der Waals surface area contributed by atoms with Crippen molar-refractivity contribution in [2.24, 2.45) is 0 Å². The van der Waals surface area contributed by atoms with Crippen molar-refractivity contribution in [3.05, 3.63) is 0 Å². The van der Waals surface area contributed by atoms with Crippen LogP contribution in [-0.2, 0) is 0 Å². The maximum atomic E-state index is 4.96. The molecular weight excluding hydrogens is 138 g/mol. The van der Waals surface area contributed by atoms with E-state index < -0.39 is 0 Å². The second-order valence-corrected chi connectivity index (χ2v) is 3.22. The van der Waals surface area contributed by atoms with Gasteiger partial charge in [-0.2, -0.15) is 0 Å². The van der Waals surface area contributed by atoms with E-state index in [9.17, 15) is 0 Å². The van der Waals surface area contributed by atoms with Crippen LogP contribution in [0.25, 0.3) is 0 Å². The highest BCUT2D eigenvalue weighted by molar-refractivity contribution is 7.98. The quantitative estimate of drug-likeness (QED) is 0.414. The first-order valence-electron chi connectivity index (χ1n) is 2.80. The Hall–Kier alpha value is 0.240. The fourth-order valence-corrected chi connectivity index (χ4v) is 1.68. The van der Waals surface area contributed by atoms with Gasteiger partial charge in [-0.3, -0.25) is 0 Å². The molecule has 1 aliphatic rings. The van der Waals surface area contributed by atoms with Gasteiger partial charge in [-0.15, -0.1) is 0 Å². The summed E-state index contributed by atoms with van der Waals surface area (Å²) in [6.45, 7) is 0. The molecule has 0 spiro atoms. The molecule has 0 aromatic rings. The molecule has 8 heavy (non-hydrogen) atoms. The van der Waals surface area contributed by atoms with Crippen LogP contribution >= 0.6 is 24.2 Å². The summed E-state index contributed by atoms with van der Waals surface area (Å²) in [4.78, 5) is 1.02. The molecule has 0 radical (unpaired) electrons. The van der Waals surface area contributed by atoms with Gasteiger partial charge in [0.1, 0.15) is 0 Å². The Morgan fingerprint density at radius 2 is 2.38 bits per heavy atom. The third kappa shape index (κ3) is 2.01. The number of nitrogens with one attached hydrogen (secondary N) is 1. The van der Waals surface area contributed by atoms with E-state index in [4.69, 9.17) is 12.2 Å². The lowest BCUT2D eigenvalue weighted by Crippen LogP contribution is -2.09. The molecule has 0 aromatic carbocycles. The van der Waals surface area contributed by atoms with E-state index in [-0.39, 0.29) is 0 Å². The monoisotopic (exact) mass is 147 g/mol. The minimum Gasteiger partial charge on any atom is -0.324 e. The molecule has 0 bridgehead atoms. The highest BCUT2D eigenvalue weighted by Crippen LogP contribution is 2.09. The lowest BCUT2D eigenvalue weighted by Gasteiger charge is -1.96. The second kappa shape index (κ2) is 3.30. The molecule has 0 aromatic heterocycles. The fraction of sp³-hybridized carbons (Fsp3) is 0.800. The molecule has 1 nitrogen and oxygen atoms in total. The van der Waals surface area contributed by atoms with Gasteiger partial charge in [0.2, 0.25) is 0 Å². The highest BCUT2D eigenvalue weighted by Gasteiger charge is 2.00. The summed E-state index contributed by atoms with van der Waals surface area (Å²) < 4.78 is 3.09. The van der Waals surface area contributed by atoms with Crippen molar-refractivity contribution < 1.29 is 0 Å². The predicted octanol–water partition coefficient (Wildman–Crippen LogP) is 1.74. The zero-order valence-electron chi connectivity index (χ0n) is 4.64. The third-order valence-electron chi connectivity index (χ3n) is 1.09. The maximum absolute atomic E-state index is 4.96. The summed E-state index contributed by atoms with van der Waals surface area (Å²) >= 11 is 6.69. The van der Waals surface area contributed by atoms with E-state index in [1.807, 2.05) is 0 Å². The lowest BCUT2D eigenvalue weighted by molar-refractivity contribution is 0.854. The van der Waals surface area contributed by atoms with Crippen LogP contribution in [0.2, 0.25) is 0 Å². The van der Waals surface area contributed by atoms with E-state index in [1.54, 1.807) is 11.9 Å². The molecule has 46 valence electrons. The summed E-state index contributed by atoms with van der Waals surface area (Å²) in [6.07, 6.45) is 3.65. The number of hydrogen-bond donors (Lipinski definition) is 1. The normalized spacial score (nSPS) is 21.8. The van der Waals surface area contributed by atoms with Gasteiger partial charge in [0.25, 0.3) is 0 Å². The number of rotatable bonds is 0. The Balaban J connectivity index is 2.27. The van der Waals surface area contributed by atoms with Gasteiger partial charge in [0.15, 0.2) is 0 Å². The minimum atomic E-state index is 1.02. The topological polar surface area (TPSA) is 12.0 Å². The second-order valence-electron chi connectivity index (χ2n) is 1.83. The zero-order chi connectivity index (χ0) is 5.82. The standard InChI is InChI=1S/C5H9NS2/c7-5-3-1-2-4-8-6-5/h1-4H2,(H,6,7). The molecular formula is C5H9NS2. The molecule has 0 amide bonds. The van der Waals surface area contributed by atoms with Gasteiger partial charge in [-0.05, 0) is 19.3 Å². The smallest absolute Gasteiger partial charge is 0.0852 e. The van der Waals surface area contributed by atoms with Gasteiger partial charge >= 0.3 is 0 Å². The van der Waals surface area contributed by atoms with Crippen molar-refractivity contribution in [2.45, 2.75) is 19.3 Å². The van der Waals surface area contributed by atoms with Crippen LogP contribution < -0.4 is 4.72 Å². The lowest BCUT2D eigenvalue weighted by atomic mass is 10.2. The summed E-state index contributed by atoms with van der Waals surface area (Å²) in [7, 11) is 0. The van der Waals surface area contributed by atoms with Crippen molar-refractivity contribution >= 4 is 29.2 Å². The molecule has 0 saturated carbocycles. The van der Waals surface area contributed by atoms with Crippen LogP contribution in [0, 0.1) is 0 Å². The van der Waals surface area contributed by atoms with Crippen molar-refractivity contribution in [1.29, 1.82) is 0 Å². The maximum Gasteiger partial charge on any atom is 0.0852 e. The van der Waals surface area contributed by atoms with Crippen molar-refractivity contribution in [3.8, 4) is 0 Å². The van der Waals surface area contributed by atoms with Crippen LogP contribution in [-0.4, -0.2) is 10.7 Å². The van der Waals surface area contributed by atoms with Crippen LogP contribution in [0.4, 0.5) is 0 Å². The SMILES string of the molecule is S=C1CCCCSN1. The molecule has 1 aliphatic heterocycles. The van der Waals surface area contributed by atoms with Crippen LogP contribution in [0.3, 0.4) is 0 Å². The number of thiocarbonyl (C=S) groups is 1. The van der Waals surface area contributed by atoms with Crippen LogP contribution in [0.5, 0.6) is 0 Å². The Kier molecular flexibility index (Phi) is 2.63. The Morgan fingerprint density at radius 1 is 1.50 bits per heavy atom. The van der Waals surface area contributed by atoms with Gasteiger partial charge in [-0.1, -0.05) is 24.2 Å². The molecule has 0 atom stereocenters. The molecule has 1 fully saturated rings. The summed E-state index contributed by atoms with van der Waals surface area (Å²) in [5, 5.41) is 0. The van der Waals surface area contributed by atoms with Crippen molar-refractivity contribution in [3.63, 3.8) is 0 Å². The molecule has 1 N–H and O–H groups in total.